The summed E-state index contributed by atoms with van der Waals surface area (Å²) in [5.41, 5.74) is 0. The van der Waals surface area contributed by atoms with Crippen LogP contribution < -0.4 is 21.5 Å². The topological polar surface area (TPSA) is 24.1 Å². The predicted octanol–water partition coefficient (Wildman–Crippen LogP) is -2.23. The summed E-state index contributed by atoms with van der Waals surface area (Å²) in [6.45, 7) is 2.84. The van der Waals surface area contributed by atoms with Crippen molar-refractivity contribution in [1.82, 2.24) is 0 Å². The molecule has 0 saturated carbocycles. The van der Waals surface area contributed by atoms with E-state index in [-0.39, 0.29) is 17.0 Å². The first-order valence-electron chi connectivity index (χ1n) is 2.50. The number of thiazole rings is 1. The summed E-state index contributed by atoms with van der Waals surface area (Å²) in [4.78, 5) is 0. The van der Waals surface area contributed by atoms with Crippen molar-refractivity contribution in [3.8, 4) is 5.19 Å². The van der Waals surface area contributed by atoms with E-state index in [1.54, 1.807) is 4.57 Å². The van der Waals surface area contributed by atoms with Crippen molar-refractivity contribution in [1.29, 1.82) is 0 Å². The van der Waals surface area contributed by atoms with Gasteiger partial charge >= 0.3 is 5.19 Å². The van der Waals surface area contributed by atoms with Crippen molar-refractivity contribution in [2.75, 3.05) is 0 Å². The lowest BCUT2D eigenvalue weighted by molar-refractivity contribution is -0.694. The molecule has 1 N–H and O–H groups in total. The minimum Gasteiger partial charge on any atom is -1.00 e. The van der Waals surface area contributed by atoms with Crippen molar-refractivity contribution >= 4 is 11.3 Å². The molecule has 0 unspecified atom stereocenters. The fraction of sp³-hybridized carbons (Fsp3) is 0.400. The van der Waals surface area contributed by atoms with E-state index in [1.165, 1.54) is 11.3 Å². The van der Waals surface area contributed by atoms with Gasteiger partial charge in [0.2, 0.25) is 0 Å². The predicted molar refractivity (Wildman–Crippen MR) is 31.9 cm³/mol. The molecule has 1 heterocycles. The Morgan fingerprint density at radius 3 is 2.67 bits per heavy atom. The molecule has 1 aromatic heterocycles. The number of aromatic nitrogens is 1. The molecule has 0 aromatic carbocycles. The Kier molecular flexibility index (Phi) is 3.81. The van der Waals surface area contributed by atoms with Crippen LogP contribution in [-0.4, -0.2) is 5.11 Å². The molecule has 1 aromatic rings. The minimum atomic E-state index is 0. The van der Waals surface area contributed by atoms with Crippen LogP contribution in [-0.2, 0) is 6.54 Å². The molecular formula is C5H8BrNOS. The summed E-state index contributed by atoms with van der Waals surface area (Å²) in [6.07, 6.45) is 1.86. The number of hydrogen-bond donors (Lipinski definition) is 1. The zero-order valence-corrected chi connectivity index (χ0v) is 7.44. The van der Waals surface area contributed by atoms with E-state index < -0.39 is 0 Å². The zero-order chi connectivity index (χ0) is 5.98. The number of aryl methyl sites for hydroxylation is 1. The highest BCUT2D eigenvalue weighted by molar-refractivity contribution is 7.10. The molecule has 1 rings (SSSR count). The van der Waals surface area contributed by atoms with E-state index in [4.69, 9.17) is 5.11 Å². The van der Waals surface area contributed by atoms with Crippen molar-refractivity contribution in [2.24, 2.45) is 0 Å². The molecule has 0 fully saturated rings. The summed E-state index contributed by atoms with van der Waals surface area (Å²) in [5.74, 6) is 0. The van der Waals surface area contributed by atoms with Crippen LogP contribution in [0.5, 0.6) is 5.19 Å². The van der Waals surface area contributed by atoms with Gasteiger partial charge in [-0.15, -0.1) is 0 Å². The smallest absolute Gasteiger partial charge is 0.427 e. The van der Waals surface area contributed by atoms with Gasteiger partial charge < -0.3 is 22.1 Å². The van der Waals surface area contributed by atoms with Crippen LogP contribution in [0.4, 0.5) is 0 Å². The molecule has 0 atom stereocenters. The summed E-state index contributed by atoms with van der Waals surface area (Å²) in [5, 5.41) is 11.2. The lowest BCUT2D eigenvalue weighted by Gasteiger charge is -1.80. The molecule has 0 spiro atoms. The maximum absolute atomic E-state index is 8.93. The second-order valence-corrected chi connectivity index (χ2v) is 2.34. The van der Waals surface area contributed by atoms with Crippen molar-refractivity contribution in [2.45, 2.75) is 13.5 Å². The number of hydrogen-bond acceptors (Lipinski definition) is 2. The third-order valence-corrected chi connectivity index (χ3v) is 1.70. The Morgan fingerprint density at radius 2 is 2.44 bits per heavy atom. The van der Waals surface area contributed by atoms with Crippen LogP contribution in [0.3, 0.4) is 0 Å². The molecule has 52 valence electrons. The van der Waals surface area contributed by atoms with E-state index in [2.05, 4.69) is 0 Å². The van der Waals surface area contributed by atoms with Crippen LogP contribution in [0, 0.1) is 0 Å². The largest absolute Gasteiger partial charge is 1.00 e. The van der Waals surface area contributed by atoms with Crippen molar-refractivity contribution in [3.05, 3.63) is 11.6 Å². The second kappa shape index (κ2) is 3.85. The van der Waals surface area contributed by atoms with Gasteiger partial charge in [-0.05, 0) is 18.3 Å². The fourth-order valence-electron chi connectivity index (χ4n) is 0.537. The van der Waals surface area contributed by atoms with E-state index >= 15 is 0 Å². The molecule has 0 radical (unpaired) electrons. The number of halogens is 1. The van der Waals surface area contributed by atoms with Gasteiger partial charge in [0, 0.05) is 0 Å². The lowest BCUT2D eigenvalue weighted by atomic mass is 10.7. The molecule has 0 aliphatic heterocycles. The molecule has 9 heavy (non-hydrogen) atoms. The second-order valence-electron chi connectivity index (χ2n) is 1.47. The van der Waals surface area contributed by atoms with Crippen LogP contribution >= 0.6 is 11.3 Å². The summed E-state index contributed by atoms with van der Waals surface area (Å²) >= 11 is 1.35. The molecule has 4 heteroatoms. The van der Waals surface area contributed by atoms with Gasteiger partial charge in [-0.3, -0.25) is 0 Å². The zero-order valence-electron chi connectivity index (χ0n) is 5.04. The Balaban J connectivity index is 0.000000640. The quantitative estimate of drug-likeness (QED) is 0.521. The van der Waals surface area contributed by atoms with Gasteiger partial charge in [0.15, 0.2) is 6.20 Å². The normalized spacial score (nSPS) is 8.56. The monoisotopic (exact) mass is 209 g/mol. The lowest BCUT2D eigenvalue weighted by Crippen LogP contribution is -3.00. The Bertz CT molecular complexity index is 177. The highest BCUT2D eigenvalue weighted by atomic mass is 79.9. The Morgan fingerprint density at radius 1 is 1.78 bits per heavy atom. The van der Waals surface area contributed by atoms with Crippen LogP contribution in [0.25, 0.3) is 0 Å². The van der Waals surface area contributed by atoms with E-state index in [0.717, 1.165) is 6.54 Å². The summed E-state index contributed by atoms with van der Waals surface area (Å²) < 4.78 is 1.78. The van der Waals surface area contributed by atoms with Gasteiger partial charge in [0.05, 0.1) is 5.38 Å². The third-order valence-electron chi connectivity index (χ3n) is 1.00. The molecule has 0 aliphatic carbocycles. The molecule has 2 nitrogen and oxygen atoms in total. The summed E-state index contributed by atoms with van der Waals surface area (Å²) in [6, 6.07) is 0. The van der Waals surface area contributed by atoms with E-state index in [1.807, 2.05) is 18.5 Å². The third kappa shape index (κ3) is 1.95. The SMILES string of the molecule is CC[n+]1ccsc1O.[Br-]. The van der Waals surface area contributed by atoms with Gasteiger partial charge in [-0.2, -0.15) is 4.57 Å². The average molecular weight is 210 g/mol. The minimum absolute atomic E-state index is 0. The average Bonchev–Trinajstić information content (AvgIpc) is 2.14. The number of aromatic hydroxyl groups is 1. The standard InChI is InChI=1S/C5H7NOS.BrH/c1-2-6-3-4-8-5(6)7;/h3-4H,2H2,1H3;1H. The van der Waals surface area contributed by atoms with Gasteiger partial charge in [0.1, 0.15) is 6.54 Å². The molecule has 0 aliphatic rings. The van der Waals surface area contributed by atoms with Gasteiger partial charge in [-0.25, -0.2) is 0 Å². The first-order chi connectivity index (χ1) is 3.84. The first-order valence-corrected chi connectivity index (χ1v) is 3.38. The van der Waals surface area contributed by atoms with Crippen LogP contribution in [0.1, 0.15) is 6.92 Å². The maximum Gasteiger partial charge on any atom is 0.427 e. The maximum atomic E-state index is 8.93. The highest BCUT2D eigenvalue weighted by Crippen LogP contribution is 2.07. The molecule has 0 saturated heterocycles. The number of rotatable bonds is 1. The molecule has 0 bridgehead atoms. The fourth-order valence-corrected chi connectivity index (χ4v) is 1.19. The van der Waals surface area contributed by atoms with Crippen molar-refractivity contribution in [3.63, 3.8) is 0 Å². The van der Waals surface area contributed by atoms with Crippen molar-refractivity contribution < 1.29 is 26.7 Å². The first kappa shape index (κ1) is 8.91. The Labute approximate surface area is 68.5 Å². The van der Waals surface area contributed by atoms with Crippen LogP contribution in [0.15, 0.2) is 11.6 Å². The summed E-state index contributed by atoms with van der Waals surface area (Å²) in [7, 11) is 0. The molecular weight excluding hydrogens is 202 g/mol. The number of nitrogens with zero attached hydrogens (tertiary/aromatic N) is 1. The Hall–Kier alpha value is -0.0900. The van der Waals surface area contributed by atoms with Crippen LogP contribution in [0.2, 0.25) is 0 Å². The van der Waals surface area contributed by atoms with Gasteiger partial charge in [-0.1, -0.05) is 0 Å². The van der Waals surface area contributed by atoms with Gasteiger partial charge in [0.25, 0.3) is 0 Å². The van der Waals surface area contributed by atoms with E-state index in [9.17, 15) is 0 Å². The highest BCUT2D eigenvalue weighted by Gasteiger charge is 2.04. The van der Waals surface area contributed by atoms with E-state index in [0.29, 0.717) is 5.19 Å². The molecule has 0 amide bonds.